The van der Waals surface area contributed by atoms with Gasteiger partial charge in [-0.25, -0.2) is 9.59 Å². The quantitative estimate of drug-likeness (QED) is 0.356. The van der Waals surface area contributed by atoms with Crippen molar-refractivity contribution in [2.75, 3.05) is 33.5 Å². The molecule has 18 heavy (non-hydrogen) atoms. The van der Waals surface area contributed by atoms with E-state index in [4.69, 9.17) is 4.74 Å². The third-order valence-corrected chi connectivity index (χ3v) is 1.67. The van der Waals surface area contributed by atoms with Gasteiger partial charge in [0.15, 0.2) is 6.61 Å². The van der Waals surface area contributed by atoms with Crippen LogP contribution in [0.2, 0.25) is 0 Å². The maximum absolute atomic E-state index is 11.1. The molecule has 0 rings (SSSR count). The lowest BCUT2D eigenvalue weighted by Crippen LogP contribution is -2.31. The summed E-state index contributed by atoms with van der Waals surface area (Å²) in [5.41, 5.74) is 0. The van der Waals surface area contributed by atoms with E-state index in [0.717, 1.165) is 12.2 Å². The van der Waals surface area contributed by atoms with Crippen molar-refractivity contribution in [1.82, 2.24) is 5.32 Å². The predicted molar refractivity (Wildman–Crippen MR) is 61.6 cm³/mol. The van der Waals surface area contributed by atoms with Gasteiger partial charge in [0.2, 0.25) is 0 Å². The summed E-state index contributed by atoms with van der Waals surface area (Å²) in [6.07, 6.45) is 1.80. The van der Waals surface area contributed by atoms with Crippen LogP contribution in [-0.4, -0.2) is 51.3 Å². The second-order valence-electron chi connectivity index (χ2n) is 3.01. The zero-order valence-electron chi connectivity index (χ0n) is 10.4. The van der Waals surface area contributed by atoms with E-state index in [1.54, 1.807) is 0 Å². The van der Waals surface area contributed by atoms with Crippen LogP contribution in [0.3, 0.4) is 0 Å². The van der Waals surface area contributed by atoms with Crippen LogP contribution in [0.15, 0.2) is 12.2 Å². The van der Waals surface area contributed by atoms with Gasteiger partial charge in [-0.05, 0) is 6.92 Å². The van der Waals surface area contributed by atoms with Crippen molar-refractivity contribution in [3.05, 3.63) is 12.2 Å². The Morgan fingerprint density at radius 3 is 2.44 bits per heavy atom. The second kappa shape index (κ2) is 10.3. The third kappa shape index (κ3) is 9.34. The minimum absolute atomic E-state index is 0.349. The van der Waals surface area contributed by atoms with Crippen molar-refractivity contribution in [2.45, 2.75) is 6.92 Å². The zero-order valence-corrected chi connectivity index (χ0v) is 10.4. The first-order chi connectivity index (χ1) is 8.60. The number of amides is 1. The lowest BCUT2D eigenvalue weighted by atomic mass is 10.5. The number of hydrogen-bond acceptors (Lipinski definition) is 6. The molecule has 0 aromatic heterocycles. The van der Waals surface area contributed by atoms with Crippen LogP contribution in [0.4, 0.5) is 0 Å². The van der Waals surface area contributed by atoms with E-state index in [1.807, 2.05) is 6.92 Å². The molecule has 0 spiro atoms. The largest absolute Gasteiger partial charge is 0.466 e. The molecule has 0 aromatic carbocycles. The van der Waals surface area contributed by atoms with Crippen LogP contribution in [-0.2, 0) is 28.6 Å². The van der Waals surface area contributed by atoms with Crippen LogP contribution in [0.25, 0.3) is 0 Å². The number of hydrogen-bond donors (Lipinski definition) is 1. The van der Waals surface area contributed by atoms with E-state index in [1.165, 1.54) is 7.11 Å². The first-order valence-corrected chi connectivity index (χ1v) is 5.37. The summed E-state index contributed by atoms with van der Waals surface area (Å²) in [7, 11) is 1.18. The van der Waals surface area contributed by atoms with E-state index >= 15 is 0 Å². The number of carbonyl (C=O) groups excluding carboxylic acids is 3. The first-order valence-electron chi connectivity index (χ1n) is 5.37. The van der Waals surface area contributed by atoms with Crippen LogP contribution in [0.5, 0.6) is 0 Å². The molecule has 7 nitrogen and oxygen atoms in total. The Labute approximate surface area is 105 Å². The number of methoxy groups -OCH3 is 1. The van der Waals surface area contributed by atoms with E-state index in [-0.39, 0.29) is 0 Å². The highest BCUT2D eigenvalue weighted by Gasteiger charge is 2.04. The number of carbonyl (C=O) groups is 3. The molecule has 1 N–H and O–H groups in total. The topological polar surface area (TPSA) is 90.9 Å². The van der Waals surface area contributed by atoms with Gasteiger partial charge in [0.1, 0.15) is 0 Å². The normalized spacial score (nSPS) is 10.1. The molecule has 0 bridgehead atoms. The Morgan fingerprint density at radius 1 is 1.17 bits per heavy atom. The summed E-state index contributed by atoms with van der Waals surface area (Å²) in [6, 6.07) is 0. The molecule has 0 aliphatic heterocycles. The Morgan fingerprint density at radius 2 is 1.83 bits per heavy atom. The van der Waals surface area contributed by atoms with Crippen molar-refractivity contribution in [2.24, 2.45) is 0 Å². The molecule has 0 aromatic rings. The standard InChI is InChI=1S/C11H17NO6/c1-3-17-7-6-12-9(13)8-18-11(15)5-4-10(14)16-2/h4-5H,3,6-8H2,1-2H3,(H,12,13)/b5-4+. The summed E-state index contributed by atoms with van der Waals surface area (Å²) in [4.78, 5) is 32.8. The number of rotatable bonds is 8. The molecule has 0 radical (unpaired) electrons. The molecule has 1 amide bonds. The van der Waals surface area contributed by atoms with Gasteiger partial charge < -0.3 is 19.5 Å². The number of esters is 2. The maximum Gasteiger partial charge on any atom is 0.331 e. The maximum atomic E-state index is 11.1. The fourth-order valence-electron chi connectivity index (χ4n) is 0.847. The summed E-state index contributed by atoms with van der Waals surface area (Å²) in [5, 5.41) is 2.49. The van der Waals surface area contributed by atoms with Crippen LogP contribution in [0.1, 0.15) is 6.92 Å². The fraction of sp³-hybridized carbons (Fsp3) is 0.545. The molecule has 0 unspecified atom stereocenters. The van der Waals surface area contributed by atoms with Crippen LogP contribution in [0, 0.1) is 0 Å². The average Bonchev–Trinajstić information content (AvgIpc) is 2.38. The summed E-state index contributed by atoms with van der Waals surface area (Å²) < 4.78 is 13.8. The van der Waals surface area contributed by atoms with E-state index in [0.29, 0.717) is 19.8 Å². The lowest BCUT2D eigenvalue weighted by Gasteiger charge is -2.05. The molecular weight excluding hydrogens is 242 g/mol. The van der Waals surface area contributed by atoms with E-state index < -0.39 is 24.5 Å². The van der Waals surface area contributed by atoms with Gasteiger partial charge in [0, 0.05) is 25.3 Å². The summed E-state index contributed by atoms with van der Waals surface area (Å²) in [6.45, 7) is 2.76. The highest BCUT2D eigenvalue weighted by molar-refractivity contribution is 5.92. The van der Waals surface area contributed by atoms with Crippen molar-refractivity contribution in [3.8, 4) is 0 Å². The Kier molecular flexibility index (Phi) is 9.20. The van der Waals surface area contributed by atoms with Gasteiger partial charge >= 0.3 is 11.9 Å². The first kappa shape index (κ1) is 16.1. The average molecular weight is 259 g/mol. The van der Waals surface area contributed by atoms with E-state index in [9.17, 15) is 14.4 Å². The smallest absolute Gasteiger partial charge is 0.331 e. The van der Waals surface area contributed by atoms with Gasteiger partial charge in [-0.15, -0.1) is 0 Å². The van der Waals surface area contributed by atoms with Crippen molar-refractivity contribution in [1.29, 1.82) is 0 Å². The molecule has 0 aliphatic carbocycles. The summed E-state index contributed by atoms with van der Waals surface area (Å²) in [5.74, 6) is -1.90. The van der Waals surface area contributed by atoms with Crippen LogP contribution < -0.4 is 5.32 Å². The van der Waals surface area contributed by atoms with Crippen molar-refractivity contribution < 1.29 is 28.6 Å². The zero-order chi connectivity index (χ0) is 13.8. The number of nitrogens with one attached hydrogen (secondary N) is 1. The van der Waals surface area contributed by atoms with Gasteiger partial charge in [-0.2, -0.15) is 0 Å². The Bertz CT molecular complexity index is 313. The van der Waals surface area contributed by atoms with Gasteiger partial charge in [-0.1, -0.05) is 0 Å². The molecule has 0 saturated heterocycles. The SMILES string of the molecule is CCOCCNC(=O)COC(=O)/C=C/C(=O)OC. The van der Waals surface area contributed by atoms with Gasteiger partial charge in [0.05, 0.1) is 13.7 Å². The summed E-state index contributed by atoms with van der Waals surface area (Å²) >= 11 is 0. The molecule has 0 aliphatic rings. The van der Waals surface area contributed by atoms with Gasteiger partial charge in [-0.3, -0.25) is 4.79 Å². The molecule has 0 atom stereocenters. The molecular formula is C11H17NO6. The molecule has 102 valence electrons. The minimum atomic E-state index is -0.791. The van der Waals surface area contributed by atoms with Crippen molar-refractivity contribution >= 4 is 17.8 Å². The number of ether oxygens (including phenoxy) is 3. The molecule has 0 fully saturated rings. The van der Waals surface area contributed by atoms with Crippen molar-refractivity contribution in [3.63, 3.8) is 0 Å². The predicted octanol–water partition coefficient (Wildman–Crippen LogP) is -0.588. The molecule has 0 saturated carbocycles. The molecule has 7 heteroatoms. The van der Waals surface area contributed by atoms with E-state index in [2.05, 4.69) is 14.8 Å². The molecule has 0 heterocycles. The lowest BCUT2D eigenvalue weighted by molar-refractivity contribution is -0.144. The monoisotopic (exact) mass is 259 g/mol. The van der Waals surface area contributed by atoms with Crippen LogP contribution >= 0.6 is 0 Å². The highest BCUT2D eigenvalue weighted by Crippen LogP contribution is 1.84. The fourth-order valence-corrected chi connectivity index (χ4v) is 0.847. The third-order valence-electron chi connectivity index (χ3n) is 1.67. The minimum Gasteiger partial charge on any atom is -0.466 e. The second-order valence-corrected chi connectivity index (χ2v) is 3.01. The highest BCUT2D eigenvalue weighted by atomic mass is 16.5. The Hall–Kier alpha value is -1.89. The Balaban J connectivity index is 3.68. The van der Waals surface area contributed by atoms with Gasteiger partial charge in [0.25, 0.3) is 5.91 Å².